The van der Waals surface area contributed by atoms with E-state index >= 15 is 0 Å². The Morgan fingerprint density at radius 1 is 1.65 bits per heavy atom. The minimum Gasteiger partial charge on any atom is -0.452 e. The Morgan fingerprint density at radius 3 is 3.00 bits per heavy atom. The summed E-state index contributed by atoms with van der Waals surface area (Å²) in [4.78, 5) is 16.2. The van der Waals surface area contributed by atoms with Crippen LogP contribution < -0.4 is 0 Å². The average Bonchev–Trinajstić information content (AvgIpc) is 2.73. The van der Waals surface area contributed by atoms with E-state index in [2.05, 4.69) is 11.9 Å². The molecule has 0 N–H and O–H groups in total. The minimum absolute atomic E-state index is 0.0657. The zero-order valence-corrected chi connectivity index (χ0v) is 10.9. The number of carbonyl (C=O) groups excluding carboxylic acids is 1. The van der Waals surface area contributed by atoms with Gasteiger partial charge in [-0.05, 0) is 44.1 Å². The molecule has 1 unspecified atom stereocenters. The van der Waals surface area contributed by atoms with Gasteiger partial charge in [0.05, 0.1) is 11.8 Å². The molecule has 1 saturated heterocycles. The predicted molar refractivity (Wildman–Crippen MR) is 66.3 cm³/mol. The molecule has 1 atom stereocenters. The summed E-state index contributed by atoms with van der Waals surface area (Å²) < 4.78 is 4.95. The molecule has 1 aliphatic rings. The molecule has 1 fully saturated rings. The van der Waals surface area contributed by atoms with E-state index in [1.165, 1.54) is 6.26 Å². The normalized spacial score (nSPS) is 21.5. The number of nitrogens with zero attached hydrogens (tertiary/aromatic N) is 2. The van der Waals surface area contributed by atoms with E-state index in [1.807, 2.05) is 7.05 Å². The van der Waals surface area contributed by atoms with Crippen LogP contribution in [0.5, 0.6) is 0 Å². The van der Waals surface area contributed by atoms with E-state index in [9.17, 15) is 4.79 Å². The molecule has 2 heterocycles. The topological polar surface area (TPSA) is 36.7 Å². The van der Waals surface area contributed by atoms with Crippen LogP contribution >= 0.6 is 11.6 Å². The molecule has 94 valence electrons. The first-order valence-electron chi connectivity index (χ1n) is 5.78. The average molecular weight is 257 g/mol. The fourth-order valence-corrected chi connectivity index (χ4v) is 2.45. The first-order chi connectivity index (χ1) is 8.09. The van der Waals surface area contributed by atoms with Crippen molar-refractivity contribution >= 4 is 17.5 Å². The number of furan rings is 1. The SMILES string of the molecule is CN1CCCC(N(C)C(=O)c2ccoc2Cl)C1. The number of rotatable bonds is 2. The molecule has 1 aromatic rings. The van der Waals surface area contributed by atoms with Gasteiger partial charge in [-0.15, -0.1) is 0 Å². The zero-order valence-electron chi connectivity index (χ0n) is 10.1. The summed E-state index contributed by atoms with van der Waals surface area (Å²) in [6.07, 6.45) is 3.61. The third-order valence-electron chi connectivity index (χ3n) is 3.32. The first-order valence-corrected chi connectivity index (χ1v) is 6.16. The highest BCUT2D eigenvalue weighted by Crippen LogP contribution is 2.21. The van der Waals surface area contributed by atoms with Crippen LogP contribution in [-0.4, -0.2) is 48.9 Å². The van der Waals surface area contributed by atoms with E-state index in [-0.39, 0.29) is 17.2 Å². The molecule has 0 spiro atoms. The van der Waals surface area contributed by atoms with Crippen LogP contribution in [0, 0.1) is 0 Å². The van der Waals surface area contributed by atoms with Gasteiger partial charge in [0, 0.05) is 19.6 Å². The lowest BCUT2D eigenvalue weighted by atomic mass is 10.0. The van der Waals surface area contributed by atoms with E-state index in [4.69, 9.17) is 16.0 Å². The van der Waals surface area contributed by atoms with Crippen LogP contribution in [-0.2, 0) is 0 Å². The monoisotopic (exact) mass is 256 g/mol. The molecule has 1 aliphatic heterocycles. The molecular weight excluding hydrogens is 240 g/mol. The second-order valence-electron chi connectivity index (χ2n) is 4.58. The van der Waals surface area contributed by atoms with Gasteiger partial charge in [-0.3, -0.25) is 4.79 Å². The smallest absolute Gasteiger partial charge is 0.258 e. The van der Waals surface area contributed by atoms with Crippen LogP contribution in [0.1, 0.15) is 23.2 Å². The Labute approximate surface area is 106 Å². The Kier molecular flexibility index (Phi) is 3.74. The Hall–Kier alpha value is -1.00. The van der Waals surface area contributed by atoms with Gasteiger partial charge in [-0.1, -0.05) is 0 Å². The number of likely N-dealkylation sites (tertiary alicyclic amines) is 1. The van der Waals surface area contributed by atoms with Crippen molar-refractivity contribution in [3.63, 3.8) is 0 Å². The van der Waals surface area contributed by atoms with Crippen molar-refractivity contribution in [2.45, 2.75) is 18.9 Å². The summed E-state index contributed by atoms with van der Waals surface area (Å²) >= 11 is 5.82. The Bertz CT molecular complexity index is 405. The van der Waals surface area contributed by atoms with Gasteiger partial charge in [0.15, 0.2) is 0 Å². The first kappa shape index (κ1) is 12.5. The highest BCUT2D eigenvalue weighted by molar-refractivity contribution is 6.32. The lowest BCUT2D eigenvalue weighted by Gasteiger charge is -2.35. The van der Waals surface area contributed by atoms with E-state index in [0.29, 0.717) is 5.56 Å². The van der Waals surface area contributed by atoms with Crippen molar-refractivity contribution < 1.29 is 9.21 Å². The van der Waals surface area contributed by atoms with E-state index in [0.717, 1.165) is 25.9 Å². The molecule has 4 nitrogen and oxygen atoms in total. The maximum Gasteiger partial charge on any atom is 0.258 e. The summed E-state index contributed by atoms with van der Waals surface area (Å²) in [6.45, 7) is 2.02. The maximum absolute atomic E-state index is 12.2. The number of halogens is 1. The third kappa shape index (κ3) is 2.64. The zero-order chi connectivity index (χ0) is 12.4. The molecule has 0 saturated carbocycles. The molecule has 5 heteroatoms. The third-order valence-corrected chi connectivity index (χ3v) is 3.61. The second kappa shape index (κ2) is 5.10. The van der Waals surface area contributed by atoms with Gasteiger partial charge in [0.1, 0.15) is 0 Å². The second-order valence-corrected chi connectivity index (χ2v) is 4.93. The van der Waals surface area contributed by atoms with Crippen LogP contribution in [0.2, 0.25) is 5.22 Å². The minimum atomic E-state index is -0.0657. The van der Waals surface area contributed by atoms with Gasteiger partial charge >= 0.3 is 0 Å². The van der Waals surface area contributed by atoms with Gasteiger partial charge in [-0.25, -0.2) is 0 Å². The molecule has 1 aromatic heterocycles. The van der Waals surface area contributed by atoms with Crippen molar-refractivity contribution in [2.75, 3.05) is 27.2 Å². The fraction of sp³-hybridized carbons (Fsp3) is 0.583. The number of carbonyl (C=O) groups is 1. The molecule has 0 aliphatic carbocycles. The molecule has 0 bridgehead atoms. The molecular formula is C12H17ClN2O2. The lowest BCUT2D eigenvalue weighted by molar-refractivity contribution is 0.0643. The standard InChI is InChI=1S/C12H17ClN2O2/c1-14-6-3-4-9(8-14)15(2)12(16)10-5-7-17-11(10)13/h5,7,9H,3-4,6,8H2,1-2H3. The van der Waals surface area contributed by atoms with Crippen LogP contribution in [0.4, 0.5) is 0 Å². The van der Waals surface area contributed by atoms with Crippen molar-refractivity contribution in [3.05, 3.63) is 23.1 Å². The molecule has 2 rings (SSSR count). The van der Waals surface area contributed by atoms with Crippen LogP contribution in [0.15, 0.2) is 16.7 Å². The number of hydrogen-bond acceptors (Lipinski definition) is 3. The van der Waals surface area contributed by atoms with Gasteiger partial charge in [0.25, 0.3) is 5.91 Å². The highest BCUT2D eigenvalue weighted by Gasteiger charge is 2.26. The number of amides is 1. The molecule has 17 heavy (non-hydrogen) atoms. The van der Waals surface area contributed by atoms with Crippen molar-refractivity contribution in [1.82, 2.24) is 9.80 Å². The Balaban J connectivity index is 2.07. The summed E-state index contributed by atoms with van der Waals surface area (Å²) in [5.74, 6) is -0.0657. The van der Waals surface area contributed by atoms with Gasteiger partial charge < -0.3 is 14.2 Å². The number of hydrogen-bond donors (Lipinski definition) is 0. The summed E-state index contributed by atoms with van der Waals surface area (Å²) in [6, 6.07) is 1.88. The molecule has 1 amide bonds. The summed E-state index contributed by atoms with van der Waals surface area (Å²) in [7, 11) is 3.91. The van der Waals surface area contributed by atoms with Crippen molar-refractivity contribution in [3.8, 4) is 0 Å². The van der Waals surface area contributed by atoms with Gasteiger partial charge in [0.2, 0.25) is 5.22 Å². The highest BCUT2D eigenvalue weighted by atomic mass is 35.5. The lowest BCUT2D eigenvalue weighted by Crippen LogP contribution is -2.47. The summed E-state index contributed by atoms with van der Waals surface area (Å²) in [5.41, 5.74) is 0.447. The van der Waals surface area contributed by atoms with Gasteiger partial charge in [-0.2, -0.15) is 0 Å². The Morgan fingerprint density at radius 2 is 2.41 bits per heavy atom. The fourth-order valence-electron chi connectivity index (χ4n) is 2.26. The van der Waals surface area contributed by atoms with Crippen LogP contribution in [0.3, 0.4) is 0 Å². The summed E-state index contributed by atoms with van der Waals surface area (Å²) in [5, 5.41) is 0.172. The largest absolute Gasteiger partial charge is 0.452 e. The van der Waals surface area contributed by atoms with Crippen LogP contribution in [0.25, 0.3) is 0 Å². The predicted octanol–water partition coefficient (Wildman–Crippen LogP) is 2.10. The van der Waals surface area contributed by atoms with E-state index in [1.54, 1.807) is 11.0 Å². The molecule has 0 radical (unpaired) electrons. The molecule has 0 aromatic carbocycles. The quantitative estimate of drug-likeness (QED) is 0.813. The van der Waals surface area contributed by atoms with Crippen molar-refractivity contribution in [1.29, 1.82) is 0 Å². The van der Waals surface area contributed by atoms with Crippen molar-refractivity contribution in [2.24, 2.45) is 0 Å². The van der Waals surface area contributed by atoms with E-state index < -0.39 is 0 Å². The number of likely N-dealkylation sites (N-methyl/N-ethyl adjacent to an activating group) is 2. The number of piperidine rings is 1. The maximum atomic E-state index is 12.2.